The van der Waals surface area contributed by atoms with Crippen molar-refractivity contribution in [1.82, 2.24) is 4.90 Å². The SMILES string of the molecule is CC(C)S(=O)(=O)C1=NSC2=NC(=O)/C(=C\c3ccc(N(C)C)cc3)C(=N)N21. The predicted molar refractivity (Wildman–Crippen MR) is 110 cm³/mol. The van der Waals surface area contributed by atoms with Gasteiger partial charge in [-0.15, -0.1) is 0 Å². The number of sulfone groups is 1. The quantitative estimate of drug-likeness (QED) is 0.610. The van der Waals surface area contributed by atoms with E-state index >= 15 is 0 Å². The van der Waals surface area contributed by atoms with Gasteiger partial charge in [0, 0.05) is 19.8 Å². The summed E-state index contributed by atoms with van der Waals surface area (Å²) in [6, 6.07) is 7.42. The lowest BCUT2D eigenvalue weighted by molar-refractivity contribution is -0.114. The highest BCUT2D eigenvalue weighted by molar-refractivity contribution is 8.16. The number of aliphatic imine (C=N–C) groups is 1. The lowest BCUT2D eigenvalue weighted by atomic mass is 10.1. The Bertz CT molecular complexity index is 1010. The minimum Gasteiger partial charge on any atom is -0.378 e. The Morgan fingerprint density at radius 1 is 1.22 bits per heavy atom. The fraction of sp³-hybridized carbons (Fsp3) is 0.294. The zero-order valence-electron chi connectivity index (χ0n) is 15.3. The van der Waals surface area contributed by atoms with E-state index in [0.29, 0.717) is 5.56 Å². The predicted octanol–water partition coefficient (Wildman–Crippen LogP) is 2.15. The fourth-order valence-electron chi connectivity index (χ4n) is 2.43. The molecule has 0 aromatic heterocycles. The minimum atomic E-state index is -3.72. The standard InChI is InChI=1S/C17H19N5O3S2/c1-10(2)27(24,25)17-20-26-16-19-15(23)13(14(18)22(16)17)9-11-5-7-12(8-6-11)21(3)4/h5-10,18H,1-4H3/b13-9-,18-14?. The number of fused-ring (bicyclic) bond motifs is 1. The van der Waals surface area contributed by atoms with E-state index in [2.05, 4.69) is 9.39 Å². The van der Waals surface area contributed by atoms with Crippen LogP contribution in [0.3, 0.4) is 0 Å². The molecule has 0 saturated heterocycles. The average Bonchev–Trinajstić information content (AvgIpc) is 3.03. The molecule has 1 amide bonds. The number of benzene rings is 1. The second-order valence-electron chi connectivity index (χ2n) is 6.49. The number of rotatable bonds is 3. The third-order valence-electron chi connectivity index (χ3n) is 4.09. The number of carbonyl (C=O) groups excluding carboxylic acids is 1. The molecular formula is C17H19N5O3S2. The molecule has 0 radical (unpaired) electrons. The van der Waals surface area contributed by atoms with Gasteiger partial charge in [-0.05, 0) is 37.6 Å². The van der Waals surface area contributed by atoms with Crippen molar-refractivity contribution in [3.05, 3.63) is 35.4 Å². The van der Waals surface area contributed by atoms with E-state index < -0.39 is 21.0 Å². The molecule has 3 rings (SSSR count). The first-order valence-electron chi connectivity index (χ1n) is 8.13. The van der Waals surface area contributed by atoms with E-state index in [9.17, 15) is 13.2 Å². The van der Waals surface area contributed by atoms with E-state index in [1.807, 2.05) is 43.3 Å². The van der Waals surface area contributed by atoms with Crippen molar-refractivity contribution in [2.24, 2.45) is 9.39 Å². The zero-order chi connectivity index (χ0) is 19.9. The smallest absolute Gasteiger partial charge is 0.283 e. The first kappa shape index (κ1) is 19.3. The van der Waals surface area contributed by atoms with Crippen LogP contribution in [0, 0.1) is 5.41 Å². The van der Waals surface area contributed by atoms with Crippen LogP contribution in [0.25, 0.3) is 6.08 Å². The van der Waals surface area contributed by atoms with Gasteiger partial charge < -0.3 is 4.90 Å². The van der Waals surface area contributed by atoms with Crippen molar-refractivity contribution in [3.8, 4) is 0 Å². The molecule has 1 N–H and O–H groups in total. The van der Waals surface area contributed by atoms with Crippen LogP contribution in [0.4, 0.5) is 5.69 Å². The number of hydrogen-bond acceptors (Lipinski definition) is 7. The van der Waals surface area contributed by atoms with E-state index in [1.165, 1.54) is 6.08 Å². The third-order valence-corrected chi connectivity index (χ3v) is 6.93. The van der Waals surface area contributed by atoms with E-state index in [1.54, 1.807) is 13.8 Å². The second kappa shape index (κ2) is 6.93. The van der Waals surface area contributed by atoms with Crippen molar-refractivity contribution >= 4 is 55.6 Å². The molecule has 142 valence electrons. The summed E-state index contributed by atoms with van der Waals surface area (Å²) in [6.07, 6.45) is 1.53. The molecular weight excluding hydrogens is 386 g/mol. The fourth-order valence-corrected chi connectivity index (χ4v) is 4.49. The molecule has 0 atom stereocenters. The van der Waals surface area contributed by atoms with Gasteiger partial charge in [0.05, 0.1) is 22.8 Å². The van der Waals surface area contributed by atoms with Crippen LogP contribution in [-0.2, 0) is 14.6 Å². The molecule has 0 bridgehead atoms. The number of amidine groups is 3. The van der Waals surface area contributed by atoms with Gasteiger partial charge in [0.25, 0.3) is 5.91 Å². The largest absolute Gasteiger partial charge is 0.378 e. The number of carbonyl (C=O) groups is 1. The molecule has 0 aliphatic carbocycles. The highest BCUT2D eigenvalue weighted by Crippen LogP contribution is 2.31. The lowest BCUT2D eigenvalue weighted by Gasteiger charge is -2.25. The highest BCUT2D eigenvalue weighted by atomic mass is 32.2. The Hall–Kier alpha value is -2.46. The zero-order valence-corrected chi connectivity index (χ0v) is 16.9. The van der Waals surface area contributed by atoms with Gasteiger partial charge in [0.2, 0.25) is 20.2 Å². The first-order valence-corrected chi connectivity index (χ1v) is 10.4. The van der Waals surface area contributed by atoms with Crippen LogP contribution in [0.15, 0.2) is 39.2 Å². The lowest BCUT2D eigenvalue weighted by Crippen LogP contribution is -2.46. The summed E-state index contributed by atoms with van der Waals surface area (Å²) in [6.45, 7) is 3.08. The molecule has 0 unspecified atom stereocenters. The maximum atomic E-state index is 12.5. The molecule has 1 aromatic rings. The Balaban J connectivity index is 1.99. The van der Waals surface area contributed by atoms with Crippen molar-refractivity contribution < 1.29 is 13.2 Å². The second-order valence-corrected chi connectivity index (χ2v) is 9.61. The number of hydrogen-bond donors (Lipinski definition) is 1. The maximum Gasteiger partial charge on any atom is 0.283 e. The molecule has 10 heteroatoms. The Kier molecular flexibility index (Phi) is 4.96. The van der Waals surface area contributed by atoms with Crippen molar-refractivity contribution in [2.75, 3.05) is 19.0 Å². The molecule has 0 fully saturated rings. The summed E-state index contributed by atoms with van der Waals surface area (Å²) in [7, 11) is 0.124. The average molecular weight is 406 g/mol. The van der Waals surface area contributed by atoms with Crippen LogP contribution in [0.1, 0.15) is 19.4 Å². The van der Waals surface area contributed by atoms with Gasteiger partial charge >= 0.3 is 0 Å². The van der Waals surface area contributed by atoms with Crippen molar-refractivity contribution in [3.63, 3.8) is 0 Å². The molecule has 0 spiro atoms. The van der Waals surface area contributed by atoms with Crippen molar-refractivity contribution in [1.29, 1.82) is 5.41 Å². The molecule has 2 heterocycles. The molecule has 1 aromatic carbocycles. The third kappa shape index (κ3) is 3.42. The first-order chi connectivity index (χ1) is 12.6. The summed E-state index contributed by atoms with van der Waals surface area (Å²) in [5.41, 5.74) is 1.73. The van der Waals surface area contributed by atoms with Crippen LogP contribution in [-0.4, -0.2) is 54.7 Å². The van der Waals surface area contributed by atoms with Gasteiger partial charge in [-0.1, -0.05) is 12.1 Å². The Morgan fingerprint density at radius 3 is 2.41 bits per heavy atom. The van der Waals surface area contributed by atoms with Gasteiger partial charge in [-0.2, -0.15) is 9.39 Å². The van der Waals surface area contributed by atoms with Gasteiger partial charge in [-0.25, -0.2) is 13.3 Å². The minimum absolute atomic E-state index is 0.0190. The van der Waals surface area contributed by atoms with Gasteiger partial charge in [0.1, 0.15) is 5.84 Å². The van der Waals surface area contributed by atoms with Crippen LogP contribution in [0.5, 0.6) is 0 Å². The molecule has 27 heavy (non-hydrogen) atoms. The Labute approximate surface area is 162 Å². The summed E-state index contributed by atoms with van der Waals surface area (Å²) in [4.78, 5) is 19.4. The summed E-state index contributed by atoms with van der Waals surface area (Å²) in [5.74, 6) is -0.830. The molecule has 0 saturated carbocycles. The monoisotopic (exact) mass is 405 g/mol. The topological polar surface area (TPSA) is 106 Å². The van der Waals surface area contributed by atoms with E-state index in [4.69, 9.17) is 5.41 Å². The van der Waals surface area contributed by atoms with Gasteiger partial charge in [-0.3, -0.25) is 10.2 Å². The summed E-state index contributed by atoms with van der Waals surface area (Å²) in [5, 5.41) is 7.53. The Morgan fingerprint density at radius 2 is 1.85 bits per heavy atom. The van der Waals surface area contributed by atoms with Crippen molar-refractivity contribution in [2.45, 2.75) is 19.1 Å². The normalized spacial score (nSPS) is 18.7. The number of nitrogens with zero attached hydrogens (tertiary/aromatic N) is 4. The molecule has 8 nitrogen and oxygen atoms in total. The number of nitrogens with one attached hydrogen (secondary N) is 1. The van der Waals surface area contributed by atoms with Crippen LogP contribution < -0.4 is 4.90 Å². The summed E-state index contributed by atoms with van der Waals surface area (Å²) < 4.78 is 29.0. The molecule has 2 aliphatic heterocycles. The van der Waals surface area contributed by atoms with Gasteiger partial charge in [0.15, 0.2) is 0 Å². The highest BCUT2D eigenvalue weighted by Gasteiger charge is 2.43. The molecule has 2 aliphatic rings. The van der Waals surface area contributed by atoms with E-state index in [-0.39, 0.29) is 21.7 Å². The van der Waals surface area contributed by atoms with E-state index in [0.717, 1.165) is 22.5 Å². The summed E-state index contributed by atoms with van der Waals surface area (Å²) >= 11 is 0.790. The van der Waals surface area contributed by atoms with Crippen LogP contribution >= 0.6 is 11.9 Å². The number of anilines is 1. The maximum absolute atomic E-state index is 12.5. The number of amides is 1. The van der Waals surface area contributed by atoms with Crippen LogP contribution in [0.2, 0.25) is 0 Å².